The molecule has 3 aliphatic rings. The molecule has 2 aromatic carbocycles. The topological polar surface area (TPSA) is 55.8 Å². The van der Waals surface area contributed by atoms with Gasteiger partial charge in [-0.05, 0) is 62.8 Å². The fourth-order valence-electron chi connectivity index (χ4n) is 5.91. The van der Waals surface area contributed by atoms with Crippen LogP contribution in [0.3, 0.4) is 0 Å². The third-order valence-corrected chi connectivity index (χ3v) is 7.48. The van der Waals surface area contributed by atoms with Crippen molar-refractivity contribution in [1.82, 2.24) is 4.90 Å². The van der Waals surface area contributed by atoms with E-state index in [1.165, 1.54) is 6.07 Å². The molecule has 0 spiro atoms. The Morgan fingerprint density at radius 1 is 0.865 bits per heavy atom. The van der Waals surface area contributed by atoms with Crippen LogP contribution in [0, 0.1) is 5.82 Å². The average Bonchev–Trinajstić information content (AvgIpc) is 2.90. The van der Waals surface area contributed by atoms with Crippen LogP contribution >= 0.6 is 0 Å². The van der Waals surface area contributed by atoms with Crippen molar-refractivity contribution in [3.63, 3.8) is 0 Å². The maximum Gasteiger partial charge on any atom is 0.161 e. The molecule has 1 aliphatic heterocycles. The van der Waals surface area contributed by atoms with Gasteiger partial charge in [0.05, 0.1) is 6.61 Å². The minimum Gasteiger partial charge on any atom is -0.490 e. The molecule has 0 amide bonds. The highest BCUT2D eigenvalue weighted by molar-refractivity contribution is 6.06. The highest BCUT2D eigenvalue weighted by Crippen LogP contribution is 2.50. The van der Waals surface area contributed by atoms with Crippen molar-refractivity contribution in [1.29, 1.82) is 0 Å². The van der Waals surface area contributed by atoms with E-state index in [-0.39, 0.29) is 24.0 Å². The second kappa shape index (κ2) is 10.9. The van der Waals surface area contributed by atoms with E-state index in [0.29, 0.717) is 36.5 Å². The fourth-order valence-corrected chi connectivity index (χ4v) is 5.91. The van der Waals surface area contributed by atoms with E-state index < -0.39 is 5.92 Å². The van der Waals surface area contributed by atoms with Gasteiger partial charge in [-0.2, -0.15) is 0 Å². The molecule has 0 radical (unpaired) electrons. The highest BCUT2D eigenvalue weighted by Gasteiger charge is 2.43. The number of allylic oxidation sites excluding steroid dienone is 4. The fraction of sp³-hybridized carbons (Fsp3) is 0.419. The molecule has 6 heteroatoms. The van der Waals surface area contributed by atoms with Gasteiger partial charge < -0.3 is 14.4 Å². The zero-order valence-electron chi connectivity index (χ0n) is 21.6. The monoisotopic (exact) mass is 503 g/mol. The van der Waals surface area contributed by atoms with Crippen LogP contribution in [0.15, 0.2) is 65.0 Å². The molecule has 0 aromatic heterocycles. The predicted molar refractivity (Wildman–Crippen MR) is 140 cm³/mol. The summed E-state index contributed by atoms with van der Waals surface area (Å²) in [5.74, 6) is 0.596. The van der Waals surface area contributed by atoms with Gasteiger partial charge in [-0.15, -0.1) is 0 Å². The van der Waals surface area contributed by atoms with E-state index in [1.807, 2.05) is 25.1 Å². The Morgan fingerprint density at radius 3 is 2.16 bits per heavy atom. The number of rotatable bonds is 8. The van der Waals surface area contributed by atoms with Gasteiger partial charge in [-0.1, -0.05) is 31.2 Å². The van der Waals surface area contributed by atoms with Crippen LogP contribution in [0.25, 0.3) is 0 Å². The molecule has 0 atom stereocenters. The molecule has 5 nitrogen and oxygen atoms in total. The van der Waals surface area contributed by atoms with Crippen LogP contribution in [0.1, 0.15) is 75.8 Å². The number of ketones is 2. The first kappa shape index (κ1) is 25.2. The van der Waals surface area contributed by atoms with E-state index in [4.69, 9.17) is 9.47 Å². The number of benzene rings is 2. The summed E-state index contributed by atoms with van der Waals surface area (Å²) >= 11 is 0. The van der Waals surface area contributed by atoms with E-state index in [0.717, 1.165) is 66.8 Å². The first-order valence-electron chi connectivity index (χ1n) is 13.5. The van der Waals surface area contributed by atoms with Crippen molar-refractivity contribution in [3.05, 3.63) is 81.9 Å². The standard InChI is InChI=1S/C31H34FNO4/c1-3-17-33-23-11-7-13-25(34)30(23)29(31-24(33)12-8-14-26(31)35)20-15-16-27(28(18-20)36-4-2)37-19-21-9-5-6-10-22(21)32/h5-6,9-10,15-16,18,29H,3-4,7-8,11-14,17,19H2,1-2H3. The lowest BCUT2D eigenvalue weighted by molar-refractivity contribution is -0.117. The Labute approximate surface area is 218 Å². The van der Waals surface area contributed by atoms with Gasteiger partial charge in [0, 0.05) is 53.4 Å². The van der Waals surface area contributed by atoms with Crippen molar-refractivity contribution < 1.29 is 23.5 Å². The maximum atomic E-state index is 14.1. The summed E-state index contributed by atoms with van der Waals surface area (Å²) in [4.78, 5) is 29.1. The highest BCUT2D eigenvalue weighted by atomic mass is 19.1. The Bertz CT molecular complexity index is 1230. The molecule has 0 unspecified atom stereocenters. The van der Waals surface area contributed by atoms with Crippen LogP contribution in [0.5, 0.6) is 11.5 Å². The zero-order chi connectivity index (χ0) is 25.9. The van der Waals surface area contributed by atoms with E-state index in [2.05, 4.69) is 11.8 Å². The first-order valence-corrected chi connectivity index (χ1v) is 13.5. The number of carbonyl (C=O) groups is 2. The van der Waals surface area contributed by atoms with Gasteiger partial charge in [0.25, 0.3) is 0 Å². The van der Waals surface area contributed by atoms with Gasteiger partial charge in [-0.3, -0.25) is 9.59 Å². The Balaban J connectivity index is 1.57. The summed E-state index contributed by atoms with van der Waals surface area (Å²) in [6, 6.07) is 12.2. The Morgan fingerprint density at radius 2 is 1.54 bits per heavy atom. The average molecular weight is 504 g/mol. The molecule has 37 heavy (non-hydrogen) atoms. The lowest BCUT2D eigenvalue weighted by Gasteiger charge is -2.44. The van der Waals surface area contributed by atoms with Crippen LogP contribution in [-0.4, -0.2) is 29.6 Å². The summed E-state index contributed by atoms with van der Waals surface area (Å²) in [6.45, 7) is 5.35. The number of halogens is 1. The summed E-state index contributed by atoms with van der Waals surface area (Å²) in [6.07, 6.45) is 5.35. The zero-order valence-corrected chi connectivity index (χ0v) is 21.6. The van der Waals surface area contributed by atoms with Crippen molar-refractivity contribution in [2.75, 3.05) is 13.2 Å². The minimum absolute atomic E-state index is 0.0725. The summed E-state index contributed by atoms with van der Waals surface area (Å²) in [7, 11) is 0. The molecule has 0 saturated carbocycles. The molecule has 2 aromatic rings. The second-order valence-electron chi connectivity index (χ2n) is 9.88. The van der Waals surface area contributed by atoms with E-state index in [9.17, 15) is 14.0 Å². The van der Waals surface area contributed by atoms with Crippen molar-refractivity contribution in [3.8, 4) is 11.5 Å². The third-order valence-electron chi connectivity index (χ3n) is 7.48. The molecule has 0 N–H and O–H groups in total. The molecule has 2 aliphatic carbocycles. The molecule has 0 bridgehead atoms. The van der Waals surface area contributed by atoms with Gasteiger partial charge in [0.1, 0.15) is 12.4 Å². The Hall–Kier alpha value is -3.41. The largest absolute Gasteiger partial charge is 0.490 e. The molecule has 0 fully saturated rings. The van der Waals surface area contributed by atoms with Gasteiger partial charge in [0.15, 0.2) is 23.1 Å². The first-order chi connectivity index (χ1) is 18.0. The molecule has 1 heterocycles. The summed E-state index contributed by atoms with van der Waals surface area (Å²) in [5.41, 5.74) is 5.06. The van der Waals surface area contributed by atoms with Gasteiger partial charge >= 0.3 is 0 Å². The molecular weight excluding hydrogens is 469 g/mol. The summed E-state index contributed by atoms with van der Waals surface area (Å²) in [5, 5.41) is 0. The number of Topliss-reactive ketones (excluding diaryl/α,β-unsaturated/α-hetero) is 2. The third kappa shape index (κ3) is 4.81. The van der Waals surface area contributed by atoms with Gasteiger partial charge in [-0.25, -0.2) is 4.39 Å². The number of carbonyl (C=O) groups excluding carboxylic acids is 2. The van der Waals surface area contributed by atoms with Gasteiger partial charge in [0.2, 0.25) is 0 Å². The number of hydrogen-bond acceptors (Lipinski definition) is 5. The van der Waals surface area contributed by atoms with E-state index >= 15 is 0 Å². The molecule has 0 saturated heterocycles. The van der Waals surface area contributed by atoms with Crippen LogP contribution in [-0.2, 0) is 16.2 Å². The normalized spacial score (nSPS) is 18.2. The quantitative estimate of drug-likeness (QED) is 0.405. The summed E-state index contributed by atoms with van der Waals surface area (Å²) < 4.78 is 26.0. The van der Waals surface area contributed by atoms with Crippen molar-refractivity contribution >= 4 is 11.6 Å². The van der Waals surface area contributed by atoms with Crippen molar-refractivity contribution in [2.45, 2.75) is 71.3 Å². The second-order valence-corrected chi connectivity index (χ2v) is 9.88. The number of ether oxygens (including phenoxy) is 2. The molecular formula is C31H34FNO4. The lowest BCUT2D eigenvalue weighted by Crippen LogP contribution is -2.39. The predicted octanol–water partition coefficient (Wildman–Crippen LogP) is 6.63. The SMILES string of the molecule is CCCN1C2=C(C(=O)CCC2)C(c2ccc(OCc3ccccc3F)c(OCC)c2)C2=C1CCCC2=O. The molecule has 5 rings (SSSR count). The Kier molecular flexibility index (Phi) is 7.45. The number of nitrogens with zero attached hydrogens (tertiary/aromatic N) is 1. The molecule has 194 valence electrons. The smallest absolute Gasteiger partial charge is 0.161 e. The number of hydrogen-bond donors (Lipinski definition) is 0. The lowest BCUT2D eigenvalue weighted by atomic mass is 9.71. The van der Waals surface area contributed by atoms with Crippen molar-refractivity contribution in [2.24, 2.45) is 0 Å². The van der Waals surface area contributed by atoms with Crippen LogP contribution < -0.4 is 9.47 Å². The maximum absolute atomic E-state index is 14.1. The van der Waals surface area contributed by atoms with Crippen LogP contribution in [0.4, 0.5) is 4.39 Å². The van der Waals surface area contributed by atoms with Crippen LogP contribution in [0.2, 0.25) is 0 Å². The minimum atomic E-state index is -0.390. The van der Waals surface area contributed by atoms with E-state index in [1.54, 1.807) is 18.2 Å².